The van der Waals surface area contributed by atoms with E-state index < -0.39 is 43.6 Å². The van der Waals surface area contributed by atoms with E-state index >= 15 is 0 Å². The van der Waals surface area contributed by atoms with E-state index in [1.54, 1.807) is 30.3 Å². The van der Waals surface area contributed by atoms with Gasteiger partial charge in [0.25, 0.3) is 0 Å². The van der Waals surface area contributed by atoms with Gasteiger partial charge in [-0.25, -0.2) is 4.98 Å². The van der Waals surface area contributed by atoms with Crippen molar-refractivity contribution >= 4 is 125 Å². The van der Waals surface area contributed by atoms with Crippen LogP contribution in [0.2, 0.25) is 0 Å². The Kier molecular flexibility index (Phi) is 9.40. The van der Waals surface area contributed by atoms with Gasteiger partial charge in [-0.2, -0.15) is 0 Å². The fourth-order valence-corrected chi connectivity index (χ4v) is 9.35. The third-order valence-electron chi connectivity index (χ3n) is 4.39. The number of nitrogens with one attached hydrogen (secondary N) is 1. The van der Waals surface area contributed by atoms with E-state index in [2.05, 4.69) is 4.98 Å². The van der Waals surface area contributed by atoms with Gasteiger partial charge in [0.15, 0.2) is 12.4 Å². The maximum atomic E-state index is 6.15. The van der Waals surface area contributed by atoms with Gasteiger partial charge in [-0.1, -0.05) is 141 Å². The number of hydrogen-bond donors (Lipinski definition) is 0. The molecule has 3 unspecified atom stereocenters. The standard InChI is InChI=1S/C12H8BCl9O3P.C5H5N/c14-10(15,16)7-23-13(6-4-2-1-3-5-6)24-8(11(17,18)19)26(7)9(25-13)12(20,21)22;1-2-4-6-5-3-1/h1-5,7-9H;1-5H/q-1;/p+1. The van der Waals surface area contributed by atoms with E-state index in [1.165, 1.54) is 0 Å². The highest BCUT2D eigenvalue weighted by Crippen LogP contribution is 2.72. The second-order valence-electron chi connectivity index (χ2n) is 6.67. The fraction of sp³-hybridized carbons (Fsp3) is 0.353. The SMILES string of the molecule is ClC(Cl)(Cl)C1O[B-]2(c3ccccc3)OC(C(Cl)(Cl)Cl)P1C(C(Cl)(Cl)Cl)O2.c1cc[nH+]cc1. The van der Waals surface area contributed by atoms with Crippen molar-refractivity contribution in [1.29, 1.82) is 0 Å². The molecule has 3 fully saturated rings. The molecule has 3 atom stereocenters. The number of benzene rings is 1. The van der Waals surface area contributed by atoms with Crippen LogP contribution >= 0.6 is 112 Å². The quantitative estimate of drug-likeness (QED) is 0.192. The average Bonchev–Trinajstić information content (AvgIpc) is 2.74. The van der Waals surface area contributed by atoms with Crippen molar-refractivity contribution in [3.8, 4) is 0 Å². The van der Waals surface area contributed by atoms with Crippen LogP contribution in [0.1, 0.15) is 0 Å². The lowest BCUT2D eigenvalue weighted by Gasteiger charge is -2.66. The molecule has 2 bridgehead atoms. The van der Waals surface area contributed by atoms with Gasteiger partial charge < -0.3 is 14.0 Å². The van der Waals surface area contributed by atoms with Crippen LogP contribution in [0.25, 0.3) is 0 Å². The van der Waals surface area contributed by atoms with Crippen molar-refractivity contribution in [2.45, 2.75) is 28.9 Å². The summed E-state index contributed by atoms with van der Waals surface area (Å²) in [6, 6.07) is 14.5. The van der Waals surface area contributed by atoms with Crippen LogP contribution in [0.15, 0.2) is 60.9 Å². The summed E-state index contributed by atoms with van der Waals surface area (Å²) < 4.78 is 12.2. The molecule has 0 aliphatic carbocycles. The molecule has 2 aromatic rings. The largest absolute Gasteiger partial charge is 0.532 e. The number of H-pyrrole nitrogens is 1. The van der Waals surface area contributed by atoms with Crippen LogP contribution in [-0.4, -0.2) is 35.7 Å². The highest BCUT2D eigenvalue weighted by atomic mass is 35.6. The Morgan fingerprint density at radius 2 is 1.00 bits per heavy atom. The molecule has 3 aliphatic heterocycles. The topological polar surface area (TPSA) is 41.8 Å². The average molecular weight is 641 g/mol. The number of aromatic amines is 1. The Hall–Kier alpha value is 1.35. The third-order valence-corrected chi connectivity index (χ3v) is 10.7. The number of rotatable bonds is 1. The summed E-state index contributed by atoms with van der Waals surface area (Å²) >= 11 is 55.3. The molecule has 176 valence electrons. The highest BCUT2D eigenvalue weighted by molar-refractivity contribution is 7.61. The first-order valence-electron chi connectivity index (χ1n) is 8.87. The lowest BCUT2D eigenvalue weighted by atomic mass is 9.68. The molecule has 0 amide bonds. The zero-order valence-electron chi connectivity index (χ0n) is 15.7. The van der Waals surface area contributed by atoms with Gasteiger partial charge in [-0.05, 0) is 7.92 Å². The second-order valence-corrected chi connectivity index (χ2v) is 16.1. The van der Waals surface area contributed by atoms with E-state index in [0.29, 0.717) is 5.46 Å². The summed E-state index contributed by atoms with van der Waals surface area (Å²) in [5.74, 6) is -3.19. The van der Waals surface area contributed by atoms with E-state index in [-0.39, 0.29) is 0 Å². The maximum absolute atomic E-state index is 6.15. The van der Waals surface area contributed by atoms with Crippen LogP contribution in [0.3, 0.4) is 0 Å². The third kappa shape index (κ3) is 6.56. The lowest BCUT2D eigenvalue weighted by molar-refractivity contribution is -0.377. The van der Waals surface area contributed by atoms with Crippen LogP contribution < -0.4 is 10.4 Å². The summed E-state index contributed by atoms with van der Waals surface area (Å²) in [6.07, 6.45) is 3.75. The summed E-state index contributed by atoms with van der Waals surface area (Å²) in [6.45, 7) is -2.71. The molecule has 1 N–H and O–H groups in total. The van der Waals surface area contributed by atoms with Crippen molar-refractivity contribution < 1.29 is 18.9 Å². The van der Waals surface area contributed by atoms with Crippen LogP contribution in [-0.2, 0) is 14.0 Å². The predicted octanol–water partition coefficient (Wildman–Crippen LogP) is 6.98. The molecule has 4 heterocycles. The highest BCUT2D eigenvalue weighted by Gasteiger charge is 2.66. The number of pyridine rings is 1. The Morgan fingerprint density at radius 3 is 1.28 bits per heavy atom. The molecular formula is C17H14BCl9NO3P. The smallest absolute Gasteiger partial charge is 0.411 e. The molecule has 1 aromatic carbocycles. The summed E-state index contributed by atoms with van der Waals surface area (Å²) in [4.78, 5) is 2.89. The summed E-state index contributed by atoms with van der Waals surface area (Å²) in [5.41, 5.74) is 0.486. The molecule has 1 aromatic heterocycles. The zero-order valence-corrected chi connectivity index (χ0v) is 23.4. The number of aromatic nitrogens is 1. The summed E-state index contributed by atoms with van der Waals surface area (Å²) in [5, 5.41) is 0. The molecule has 5 rings (SSSR count). The van der Waals surface area contributed by atoms with Gasteiger partial charge in [-0.3, -0.25) is 0 Å². The first-order valence-corrected chi connectivity index (χ1v) is 13.8. The minimum atomic E-state index is -2.71. The minimum absolute atomic E-state index is 0.486. The second kappa shape index (κ2) is 10.8. The van der Waals surface area contributed by atoms with Gasteiger partial charge in [-0.15, -0.1) is 5.46 Å². The van der Waals surface area contributed by atoms with Crippen molar-refractivity contribution in [2.75, 3.05) is 0 Å². The molecule has 0 radical (unpaired) electrons. The molecule has 3 saturated heterocycles. The predicted molar refractivity (Wildman–Crippen MR) is 137 cm³/mol. The first kappa shape index (κ1) is 27.9. The van der Waals surface area contributed by atoms with E-state index in [1.807, 2.05) is 30.6 Å². The lowest BCUT2D eigenvalue weighted by Crippen LogP contribution is -2.72. The van der Waals surface area contributed by atoms with E-state index in [0.717, 1.165) is 0 Å². The van der Waals surface area contributed by atoms with Crippen LogP contribution in [0, 0.1) is 0 Å². The van der Waals surface area contributed by atoms with Crippen molar-refractivity contribution in [3.63, 3.8) is 0 Å². The number of fused-ring (bicyclic) bond motifs is 3. The van der Waals surface area contributed by atoms with Crippen LogP contribution in [0.5, 0.6) is 0 Å². The minimum Gasteiger partial charge on any atom is -0.532 e. The Balaban J connectivity index is 0.000000416. The molecule has 3 aliphatic rings. The molecule has 15 heteroatoms. The fourth-order valence-electron chi connectivity index (χ4n) is 3.19. The Bertz CT molecular complexity index is 796. The van der Waals surface area contributed by atoms with Gasteiger partial charge >= 0.3 is 6.75 Å². The van der Waals surface area contributed by atoms with Crippen molar-refractivity contribution in [2.24, 2.45) is 0 Å². The van der Waals surface area contributed by atoms with E-state index in [4.69, 9.17) is 118 Å². The van der Waals surface area contributed by atoms with Gasteiger partial charge in [0.05, 0.1) is 17.5 Å². The van der Waals surface area contributed by atoms with Crippen molar-refractivity contribution in [1.82, 2.24) is 0 Å². The normalized spacial score (nSPS) is 30.4. The first-order chi connectivity index (χ1) is 14.8. The maximum Gasteiger partial charge on any atom is 0.411 e. The van der Waals surface area contributed by atoms with Crippen molar-refractivity contribution in [3.05, 3.63) is 60.9 Å². The number of halogens is 9. The Labute approximate surface area is 231 Å². The molecular weight excluding hydrogens is 627 g/mol. The molecule has 32 heavy (non-hydrogen) atoms. The Morgan fingerprint density at radius 1 is 0.625 bits per heavy atom. The van der Waals surface area contributed by atoms with Gasteiger partial charge in [0.1, 0.15) is 0 Å². The van der Waals surface area contributed by atoms with Gasteiger partial charge in [0.2, 0.25) is 11.4 Å². The molecule has 4 nitrogen and oxygen atoms in total. The number of alkyl halides is 9. The number of hydrogen-bond acceptors (Lipinski definition) is 3. The van der Waals surface area contributed by atoms with Gasteiger partial charge in [0, 0.05) is 12.1 Å². The summed E-state index contributed by atoms with van der Waals surface area (Å²) in [7, 11) is -1.82. The molecule has 0 saturated carbocycles. The van der Waals surface area contributed by atoms with Crippen LogP contribution in [0.4, 0.5) is 0 Å². The molecule has 0 spiro atoms. The monoisotopic (exact) mass is 637 g/mol. The zero-order chi connectivity index (χ0) is 23.8. The van der Waals surface area contributed by atoms with E-state index in [9.17, 15) is 0 Å².